The van der Waals surface area contributed by atoms with Gasteiger partial charge in [0.15, 0.2) is 10.8 Å². The third-order valence-corrected chi connectivity index (χ3v) is 2.85. The third kappa shape index (κ3) is 1.56. The minimum absolute atomic E-state index is 0.119. The van der Waals surface area contributed by atoms with E-state index in [2.05, 4.69) is 21.9 Å². The van der Waals surface area contributed by atoms with Crippen LogP contribution in [0.1, 0.15) is 0 Å². The first-order chi connectivity index (χ1) is 7.65. The van der Waals surface area contributed by atoms with Crippen molar-refractivity contribution in [1.82, 2.24) is 20.1 Å². The second kappa shape index (κ2) is 3.96. The Morgan fingerprint density at radius 2 is 2.44 bits per heavy atom. The fourth-order valence-electron chi connectivity index (χ4n) is 1.30. The van der Waals surface area contributed by atoms with Crippen LogP contribution in [0.4, 0.5) is 10.6 Å². The van der Waals surface area contributed by atoms with Crippen molar-refractivity contribution in [2.24, 2.45) is 0 Å². The summed E-state index contributed by atoms with van der Waals surface area (Å²) in [6.07, 6.45) is 7.91. The summed E-state index contributed by atoms with van der Waals surface area (Å²) < 4.78 is 12.6. The van der Waals surface area contributed by atoms with Gasteiger partial charge in [-0.1, -0.05) is 5.92 Å². The molecule has 1 aromatic heterocycles. The van der Waals surface area contributed by atoms with Gasteiger partial charge >= 0.3 is 6.03 Å². The van der Waals surface area contributed by atoms with Crippen LogP contribution in [-0.4, -0.2) is 37.6 Å². The molecule has 16 heavy (non-hydrogen) atoms. The van der Waals surface area contributed by atoms with Gasteiger partial charge in [-0.3, -0.25) is 9.63 Å². The summed E-state index contributed by atoms with van der Waals surface area (Å²) in [6.45, 7) is 0.119. The summed E-state index contributed by atoms with van der Waals surface area (Å²) in [7, 11) is -1.26. The minimum Gasteiger partial charge on any atom is -0.286 e. The molecule has 0 aromatic carbocycles. The van der Waals surface area contributed by atoms with E-state index in [-0.39, 0.29) is 12.6 Å². The lowest BCUT2D eigenvalue weighted by Gasteiger charge is -2.27. The number of fused-ring (bicyclic) bond motifs is 1. The predicted octanol–water partition coefficient (Wildman–Crippen LogP) is -0.631. The molecule has 0 saturated heterocycles. The molecule has 8 heteroatoms. The molecule has 84 valence electrons. The maximum absolute atomic E-state index is 11.8. The van der Waals surface area contributed by atoms with Crippen LogP contribution in [0.25, 0.3) is 0 Å². The molecule has 1 aromatic rings. The Balaban J connectivity index is 2.37. The van der Waals surface area contributed by atoms with E-state index in [0.29, 0.717) is 10.8 Å². The molecule has 2 rings (SSSR count). The largest absolute Gasteiger partial charge is 0.347 e. The van der Waals surface area contributed by atoms with Gasteiger partial charge < -0.3 is 0 Å². The molecule has 2 heterocycles. The van der Waals surface area contributed by atoms with Crippen LogP contribution in [0, 0.1) is 12.3 Å². The minimum atomic E-state index is -1.26. The number of terminal acetylenes is 1. The van der Waals surface area contributed by atoms with Gasteiger partial charge in [-0.2, -0.15) is 0 Å². The molecule has 1 amide bonds. The molecule has 1 aliphatic heterocycles. The van der Waals surface area contributed by atoms with Crippen molar-refractivity contribution in [1.29, 1.82) is 0 Å². The fraction of sp³-hybridized carbons (Fsp3) is 0.250. The lowest BCUT2D eigenvalue weighted by Crippen LogP contribution is -2.52. The van der Waals surface area contributed by atoms with Crippen LogP contribution in [0.5, 0.6) is 0 Å². The summed E-state index contributed by atoms with van der Waals surface area (Å²) in [4.78, 5) is 15.7. The molecule has 0 saturated carbocycles. The summed E-state index contributed by atoms with van der Waals surface area (Å²) in [5, 5.41) is 1.53. The first-order valence-corrected chi connectivity index (χ1v) is 5.88. The first-order valence-electron chi connectivity index (χ1n) is 4.33. The second-order valence-electron chi connectivity index (χ2n) is 3.03. The van der Waals surface area contributed by atoms with Gasteiger partial charge in [0.1, 0.15) is 12.9 Å². The van der Waals surface area contributed by atoms with Crippen molar-refractivity contribution in [2.45, 2.75) is 5.03 Å². The summed E-state index contributed by atoms with van der Waals surface area (Å²) in [6, 6.07) is -0.365. The van der Waals surface area contributed by atoms with Crippen molar-refractivity contribution in [3.05, 3.63) is 6.33 Å². The van der Waals surface area contributed by atoms with Gasteiger partial charge in [-0.15, -0.1) is 12.0 Å². The van der Waals surface area contributed by atoms with Crippen LogP contribution in [0.3, 0.4) is 0 Å². The van der Waals surface area contributed by atoms with E-state index in [1.807, 2.05) is 0 Å². The highest BCUT2D eigenvalue weighted by molar-refractivity contribution is 7.84. The van der Waals surface area contributed by atoms with Gasteiger partial charge in [0.05, 0.1) is 10.8 Å². The van der Waals surface area contributed by atoms with Gasteiger partial charge in [0.25, 0.3) is 0 Å². The maximum Gasteiger partial charge on any atom is 0.347 e. The van der Waals surface area contributed by atoms with Gasteiger partial charge in [-0.05, 0) is 0 Å². The number of anilines is 1. The van der Waals surface area contributed by atoms with Gasteiger partial charge in [-0.25, -0.2) is 19.4 Å². The van der Waals surface area contributed by atoms with Crippen molar-refractivity contribution in [3.63, 3.8) is 0 Å². The average molecular weight is 239 g/mol. The van der Waals surface area contributed by atoms with Crippen molar-refractivity contribution < 1.29 is 9.00 Å². The Kier molecular flexibility index (Phi) is 2.64. The number of hydrogen-bond acceptors (Lipinski definition) is 5. The van der Waals surface area contributed by atoms with E-state index >= 15 is 0 Å². The SMILES string of the molecule is C#CCN1NNc2c(S(C)=O)ncn2C1=O. The lowest BCUT2D eigenvalue weighted by atomic mass is 10.6. The molecular weight excluding hydrogens is 230 g/mol. The molecule has 0 aliphatic carbocycles. The molecule has 0 bridgehead atoms. The quantitative estimate of drug-likeness (QED) is 0.672. The van der Waals surface area contributed by atoms with Crippen LogP contribution in [0.2, 0.25) is 0 Å². The number of nitrogens with one attached hydrogen (secondary N) is 2. The molecule has 2 N–H and O–H groups in total. The van der Waals surface area contributed by atoms with Gasteiger partial charge in [0.2, 0.25) is 0 Å². The van der Waals surface area contributed by atoms with Crippen molar-refractivity contribution in [2.75, 3.05) is 18.2 Å². The Hall–Kier alpha value is -1.85. The molecular formula is C8H9N5O2S. The maximum atomic E-state index is 11.8. The highest BCUT2D eigenvalue weighted by Gasteiger charge is 2.26. The Bertz CT molecular complexity index is 503. The fourth-order valence-corrected chi connectivity index (χ4v) is 1.92. The van der Waals surface area contributed by atoms with E-state index in [0.717, 1.165) is 0 Å². The number of aromatic nitrogens is 2. The van der Waals surface area contributed by atoms with Crippen LogP contribution >= 0.6 is 0 Å². The number of carbonyl (C=O) groups excluding carboxylic acids is 1. The van der Waals surface area contributed by atoms with E-state index in [1.165, 1.54) is 22.2 Å². The Morgan fingerprint density at radius 1 is 1.69 bits per heavy atom. The predicted molar refractivity (Wildman–Crippen MR) is 57.7 cm³/mol. The molecule has 7 nitrogen and oxygen atoms in total. The normalized spacial score (nSPS) is 16.2. The molecule has 0 fully saturated rings. The summed E-state index contributed by atoms with van der Waals surface area (Å²) in [5.74, 6) is 2.71. The first kappa shape index (κ1) is 10.7. The highest BCUT2D eigenvalue weighted by atomic mass is 32.2. The number of nitrogens with zero attached hydrogens (tertiary/aromatic N) is 3. The summed E-state index contributed by atoms with van der Waals surface area (Å²) >= 11 is 0. The molecule has 1 atom stereocenters. The standard InChI is InChI=1S/C8H9N5O2S/c1-3-4-13-8(14)12-5-9-7(16(2)15)6(12)10-11-13/h1,5,10-11H,4H2,2H3. The smallest absolute Gasteiger partial charge is 0.286 e. The van der Waals surface area contributed by atoms with E-state index in [9.17, 15) is 9.00 Å². The van der Waals surface area contributed by atoms with E-state index in [1.54, 1.807) is 0 Å². The van der Waals surface area contributed by atoms with E-state index < -0.39 is 10.8 Å². The van der Waals surface area contributed by atoms with Crippen LogP contribution in [-0.2, 0) is 10.8 Å². The van der Waals surface area contributed by atoms with Gasteiger partial charge in [0, 0.05) is 6.26 Å². The Morgan fingerprint density at radius 3 is 3.06 bits per heavy atom. The number of amides is 1. The number of rotatable bonds is 2. The van der Waals surface area contributed by atoms with Crippen molar-refractivity contribution >= 4 is 22.6 Å². The van der Waals surface area contributed by atoms with Crippen LogP contribution < -0.4 is 11.0 Å². The average Bonchev–Trinajstić information content (AvgIpc) is 2.67. The zero-order chi connectivity index (χ0) is 11.7. The highest BCUT2D eigenvalue weighted by Crippen LogP contribution is 2.19. The molecule has 0 spiro atoms. The number of imidazole rings is 1. The second-order valence-corrected chi connectivity index (χ2v) is 4.33. The zero-order valence-electron chi connectivity index (χ0n) is 8.43. The van der Waals surface area contributed by atoms with Crippen LogP contribution in [0.15, 0.2) is 11.4 Å². The monoisotopic (exact) mass is 239 g/mol. The van der Waals surface area contributed by atoms with Crippen molar-refractivity contribution in [3.8, 4) is 12.3 Å². The molecule has 0 radical (unpaired) electrons. The topological polar surface area (TPSA) is 79.3 Å². The Labute approximate surface area is 94.2 Å². The number of carbonyl (C=O) groups is 1. The number of hydrogen-bond donors (Lipinski definition) is 2. The lowest BCUT2D eigenvalue weighted by molar-refractivity contribution is 0.181. The summed E-state index contributed by atoms with van der Waals surface area (Å²) in [5.41, 5.74) is 5.33. The number of hydrazine groups is 2. The molecule has 1 aliphatic rings. The zero-order valence-corrected chi connectivity index (χ0v) is 9.24. The third-order valence-electron chi connectivity index (χ3n) is 2.00. The van der Waals surface area contributed by atoms with E-state index in [4.69, 9.17) is 6.42 Å². The molecule has 1 unspecified atom stereocenters.